The van der Waals surface area contributed by atoms with Crippen molar-refractivity contribution in [3.63, 3.8) is 0 Å². The number of benzene rings is 3. The highest BCUT2D eigenvalue weighted by molar-refractivity contribution is 7.07. The van der Waals surface area contributed by atoms with E-state index in [9.17, 15) is 14.7 Å². The number of ether oxygens (including phenoxy) is 3. The second kappa shape index (κ2) is 11.0. The van der Waals surface area contributed by atoms with Gasteiger partial charge in [0.1, 0.15) is 11.8 Å². The van der Waals surface area contributed by atoms with E-state index >= 15 is 0 Å². The topological polar surface area (TPSA) is 99.4 Å². The second-order valence-corrected chi connectivity index (χ2v) is 9.61. The summed E-state index contributed by atoms with van der Waals surface area (Å²) < 4.78 is 18.3. The number of para-hydroxylation sites is 1. The van der Waals surface area contributed by atoms with Crippen molar-refractivity contribution in [2.75, 3.05) is 20.8 Å². The molecule has 1 aliphatic heterocycles. The van der Waals surface area contributed by atoms with Crippen LogP contribution in [0.1, 0.15) is 29.7 Å². The van der Waals surface area contributed by atoms with Gasteiger partial charge in [0.05, 0.1) is 36.6 Å². The first-order valence-corrected chi connectivity index (χ1v) is 13.1. The van der Waals surface area contributed by atoms with Crippen LogP contribution in [-0.4, -0.2) is 36.5 Å². The molecule has 0 radical (unpaired) electrons. The number of aromatic nitrogens is 1. The van der Waals surface area contributed by atoms with E-state index in [4.69, 9.17) is 19.2 Å². The number of phenolic OH excluding ortho intramolecular Hbond substituents is 1. The minimum atomic E-state index is -0.844. The number of phenols is 1. The molecule has 8 nitrogen and oxygen atoms in total. The summed E-state index contributed by atoms with van der Waals surface area (Å²) in [4.78, 5) is 32.8. The maximum Gasteiger partial charge on any atom is 0.338 e. The number of rotatable bonds is 7. The lowest BCUT2D eigenvalue weighted by atomic mass is 9.92. The van der Waals surface area contributed by atoms with Gasteiger partial charge in [-0.1, -0.05) is 65.9 Å². The monoisotopic (exact) mass is 542 g/mol. The summed E-state index contributed by atoms with van der Waals surface area (Å²) in [7, 11) is 3.01. The van der Waals surface area contributed by atoms with Crippen LogP contribution in [0.5, 0.6) is 17.2 Å². The Morgan fingerprint density at radius 2 is 1.74 bits per heavy atom. The quantitative estimate of drug-likeness (QED) is 0.358. The maximum absolute atomic E-state index is 14.0. The zero-order valence-corrected chi connectivity index (χ0v) is 22.4. The molecule has 39 heavy (non-hydrogen) atoms. The van der Waals surface area contributed by atoms with Gasteiger partial charge in [-0.05, 0) is 36.8 Å². The fraction of sp³-hybridized carbons (Fsp3) is 0.167. The first-order chi connectivity index (χ1) is 19.0. The second-order valence-electron chi connectivity index (χ2n) is 8.60. The molecule has 0 spiro atoms. The zero-order chi connectivity index (χ0) is 27.5. The number of thiazole rings is 1. The Morgan fingerprint density at radius 3 is 2.46 bits per heavy atom. The molecule has 0 unspecified atom stereocenters. The molecule has 0 saturated carbocycles. The minimum absolute atomic E-state index is 0.00105. The average Bonchev–Trinajstić information content (AvgIpc) is 3.27. The summed E-state index contributed by atoms with van der Waals surface area (Å²) in [6.45, 7) is 1.90. The summed E-state index contributed by atoms with van der Waals surface area (Å²) in [5, 5.41) is 9.98. The molecule has 4 aromatic rings. The van der Waals surface area contributed by atoms with Gasteiger partial charge in [-0.3, -0.25) is 9.36 Å². The number of fused-ring (bicyclic) bond motifs is 1. The smallest absolute Gasteiger partial charge is 0.338 e. The van der Waals surface area contributed by atoms with Gasteiger partial charge >= 0.3 is 5.97 Å². The minimum Gasteiger partial charge on any atom is -0.504 e. The molecular weight excluding hydrogens is 516 g/mol. The van der Waals surface area contributed by atoms with Gasteiger partial charge in [0.2, 0.25) is 0 Å². The van der Waals surface area contributed by atoms with E-state index in [2.05, 4.69) is 0 Å². The Balaban J connectivity index is 1.84. The third-order valence-corrected chi connectivity index (χ3v) is 7.29. The number of carbonyl (C=O) groups excluding carboxylic acids is 1. The SMILES string of the molecule is CCOC(=O)C1=C(c2ccccc2)N=c2s/c(=C\c3ccc(O)c(OC)c3)c(=O)n2[C@@H]1c1ccccc1OC. The number of hydrogen-bond acceptors (Lipinski definition) is 8. The molecule has 198 valence electrons. The number of hydrogen-bond donors (Lipinski definition) is 1. The first-order valence-electron chi connectivity index (χ1n) is 12.2. The molecule has 0 fully saturated rings. The summed E-state index contributed by atoms with van der Waals surface area (Å²) in [5.41, 5.74) is 2.38. The van der Waals surface area contributed by atoms with Crippen molar-refractivity contribution in [1.82, 2.24) is 4.57 Å². The Hall–Kier alpha value is -4.63. The van der Waals surface area contributed by atoms with Gasteiger partial charge in [-0.25, -0.2) is 9.79 Å². The van der Waals surface area contributed by atoms with Gasteiger partial charge in [-0.15, -0.1) is 0 Å². The van der Waals surface area contributed by atoms with Gasteiger partial charge < -0.3 is 19.3 Å². The number of nitrogens with zero attached hydrogens (tertiary/aromatic N) is 2. The first kappa shape index (κ1) is 26.0. The molecule has 0 saturated heterocycles. The van der Waals surface area contributed by atoms with Gasteiger partial charge in [0.15, 0.2) is 16.3 Å². The summed E-state index contributed by atoms with van der Waals surface area (Å²) in [5.74, 6) is 0.253. The van der Waals surface area contributed by atoms with Gasteiger partial charge in [-0.2, -0.15) is 0 Å². The molecule has 1 N–H and O–H groups in total. The molecule has 3 aromatic carbocycles. The van der Waals surface area contributed by atoms with E-state index < -0.39 is 12.0 Å². The van der Waals surface area contributed by atoms with Crippen molar-refractivity contribution in [1.29, 1.82) is 0 Å². The lowest BCUT2D eigenvalue weighted by molar-refractivity contribution is -0.138. The lowest BCUT2D eigenvalue weighted by Crippen LogP contribution is -2.40. The Morgan fingerprint density at radius 1 is 1.03 bits per heavy atom. The van der Waals surface area contributed by atoms with E-state index in [-0.39, 0.29) is 23.5 Å². The fourth-order valence-corrected chi connectivity index (χ4v) is 5.56. The molecule has 0 aliphatic carbocycles. The number of esters is 1. The molecule has 5 rings (SSSR count). The Bertz CT molecular complexity index is 1750. The van der Waals surface area contributed by atoms with E-state index in [1.54, 1.807) is 38.3 Å². The highest BCUT2D eigenvalue weighted by Gasteiger charge is 2.36. The fourth-order valence-electron chi connectivity index (χ4n) is 4.56. The number of carbonyl (C=O) groups is 1. The van der Waals surface area contributed by atoms with Gasteiger partial charge in [0.25, 0.3) is 5.56 Å². The predicted molar refractivity (Wildman–Crippen MR) is 149 cm³/mol. The van der Waals surface area contributed by atoms with Crippen LogP contribution in [0.25, 0.3) is 11.8 Å². The van der Waals surface area contributed by atoms with Crippen molar-refractivity contribution in [2.45, 2.75) is 13.0 Å². The maximum atomic E-state index is 14.0. The lowest BCUT2D eigenvalue weighted by Gasteiger charge is -2.27. The van der Waals surface area contributed by atoms with Crippen molar-refractivity contribution >= 4 is 29.1 Å². The zero-order valence-electron chi connectivity index (χ0n) is 21.6. The van der Waals surface area contributed by atoms with E-state index in [0.29, 0.717) is 37.7 Å². The molecule has 0 amide bonds. The van der Waals surface area contributed by atoms with Crippen molar-refractivity contribution < 1.29 is 24.1 Å². The number of methoxy groups -OCH3 is 2. The summed E-state index contributed by atoms with van der Waals surface area (Å²) >= 11 is 1.21. The van der Waals surface area contributed by atoms with Crippen LogP contribution in [0, 0.1) is 0 Å². The molecular formula is C30H26N2O6S. The van der Waals surface area contributed by atoms with Crippen molar-refractivity contribution in [3.8, 4) is 17.2 Å². The van der Waals surface area contributed by atoms with Crippen LogP contribution in [0.3, 0.4) is 0 Å². The third-order valence-electron chi connectivity index (χ3n) is 6.31. The van der Waals surface area contributed by atoms with Crippen LogP contribution in [0.4, 0.5) is 0 Å². The standard InChI is InChI=1S/C30H26N2O6S/c1-4-38-29(35)25-26(19-10-6-5-7-11-19)31-30-32(27(25)20-12-8-9-13-22(20)36-2)28(34)24(39-30)17-18-14-15-21(33)23(16-18)37-3/h5-17,27,33H,4H2,1-3H3/b24-17-/t27-/m1/s1. The summed E-state index contributed by atoms with van der Waals surface area (Å²) in [6, 6.07) is 20.6. The largest absolute Gasteiger partial charge is 0.504 e. The molecule has 1 aliphatic rings. The van der Waals surface area contributed by atoms with Crippen molar-refractivity contribution in [2.24, 2.45) is 4.99 Å². The number of aromatic hydroxyl groups is 1. The Kier molecular flexibility index (Phi) is 7.33. The summed E-state index contributed by atoms with van der Waals surface area (Å²) in [6.07, 6.45) is 1.71. The van der Waals surface area contributed by atoms with Crippen LogP contribution in [0.2, 0.25) is 0 Å². The predicted octanol–water partition coefficient (Wildman–Crippen LogP) is 3.66. The normalized spacial score (nSPS) is 14.9. The van der Waals surface area contributed by atoms with Crippen LogP contribution in [-0.2, 0) is 9.53 Å². The van der Waals surface area contributed by atoms with E-state index in [1.165, 1.54) is 29.1 Å². The van der Waals surface area contributed by atoms with Crippen molar-refractivity contribution in [3.05, 3.63) is 115 Å². The third kappa shape index (κ3) is 4.84. The average molecular weight is 543 g/mol. The Labute approximate surface area is 228 Å². The van der Waals surface area contributed by atoms with Crippen LogP contribution >= 0.6 is 11.3 Å². The van der Waals surface area contributed by atoms with Crippen LogP contribution in [0.15, 0.2) is 88.2 Å². The molecule has 2 heterocycles. The van der Waals surface area contributed by atoms with E-state index in [0.717, 1.165) is 5.56 Å². The van der Waals surface area contributed by atoms with Crippen LogP contribution < -0.4 is 24.4 Å². The molecule has 1 aromatic heterocycles. The van der Waals surface area contributed by atoms with Gasteiger partial charge in [0, 0.05) is 11.1 Å². The highest BCUT2D eigenvalue weighted by Crippen LogP contribution is 2.38. The molecule has 1 atom stereocenters. The molecule has 0 bridgehead atoms. The molecule has 9 heteroatoms. The van der Waals surface area contributed by atoms with E-state index in [1.807, 2.05) is 48.5 Å². The highest BCUT2D eigenvalue weighted by atomic mass is 32.1.